The molecule has 0 radical (unpaired) electrons. The summed E-state index contributed by atoms with van der Waals surface area (Å²) >= 11 is -2.37. The summed E-state index contributed by atoms with van der Waals surface area (Å²) in [4.78, 5) is 11.1. The molecule has 1 aromatic carbocycles. The topological polar surface area (TPSA) is 129 Å². The van der Waals surface area contributed by atoms with E-state index in [-0.39, 0.29) is 18.1 Å². The number of aromatic carboxylic acids is 1. The van der Waals surface area contributed by atoms with Gasteiger partial charge in [0.25, 0.3) is 0 Å². The first-order valence-electron chi connectivity index (χ1n) is 6.10. The zero-order valence-corrected chi connectivity index (χ0v) is 12.4. The van der Waals surface area contributed by atoms with E-state index >= 15 is 0 Å². The van der Waals surface area contributed by atoms with E-state index in [0.29, 0.717) is 5.75 Å². The minimum absolute atomic E-state index is 0.0347. The zero-order valence-electron chi connectivity index (χ0n) is 11.6. The number of benzene rings is 1. The highest BCUT2D eigenvalue weighted by Gasteiger charge is 2.19. The average molecular weight is 325 g/mol. The predicted molar refractivity (Wildman–Crippen MR) is 76.5 cm³/mol. The molecular weight excluding hydrogens is 312 g/mol. The Bertz CT molecular complexity index is 685. The molecule has 2 N–H and O–H groups in total. The van der Waals surface area contributed by atoms with Crippen molar-refractivity contribution < 1.29 is 23.4 Å². The second-order valence-corrected chi connectivity index (χ2v) is 5.12. The number of rotatable bonds is 7. The van der Waals surface area contributed by atoms with Crippen molar-refractivity contribution in [1.82, 2.24) is 15.0 Å². The Balaban J connectivity index is 2.24. The van der Waals surface area contributed by atoms with Gasteiger partial charge in [-0.3, -0.25) is 4.21 Å². The average Bonchev–Trinajstić information content (AvgIpc) is 2.89. The van der Waals surface area contributed by atoms with Crippen molar-refractivity contribution >= 4 is 22.9 Å². The maximum atomic E-state index is 11.1. The number of anilines is 1. The van der Waals surface area contributed by atoms with Crippen LogP contribution in [0.2, 0.25) is 0 Å². The van der Waals surface area contributed by atoms with Crippen LogP contribution in [-0.4, -0.2) is 47.8 Å². The van der Waals surface area contributed by atoms with Gasteiger partial charge in [0.2, 0.25) is 5.69 Å². The zero-order chi connectivity index (χ0) is 16.1. The van der Waals surface area contributed by atoms with Crippen molar-refractivity contribution in [3.63, 3.8) is 0 Å². The van der Waals surface area contributed by atoms with Crippen molar-refractivity contribution in [3.8, 4) is 5.75 Å². The highest BCUT2D eigenvalue weighted by atomic mass is 32.2. The van der Waals surface area contributed by atoms with Crippen molar-refractivity contribution in [2.75, 3.05) is 18.3 Å². The molecule has 0 bridgehead atoms. The molecule has 22 heavy (non-hydrogen) atoms. The molecule has 10 heteroatoms. The highest BCUT2D eigenvalue weighted by molar-refractivity contribution is 7.79. The second kappa shape index (κ2) is 7.00. The Morgan fingerprint density at radius 1 is 1.45 bits per heavy atom. The van der Waals surface area contributed by atoms with Crippen LogP contribution in [0.1, 0.15) is 16.1 Å². The Morgan fingerprint density at radius 3 is 2.68 bits per heavy atom. The number of nitrogens with one attached hydrogen (secondary N) is 1. The number of ether oxygens (including phenoxy) is 1. The molecule has 1 aromatic heterocycles. The number of carboxylic acids is 1. The first-order chi connectivity index (χ1) is 10.5. The quantitative estimate of drug-likeness (QED) is 0.694. The predicted octanol–water partition coefficient (Wildman–Crippen LogP) is 0.282. The van der Waals surface area contributed by atoms with Gasteiger partial charge in [-0.15, -0.1) is 5.10 Å². The smallest absolute Gasteiger partial charge is 0.360 e. The molecule has 1 unspecified atom stereocenters. The largest absolute Gasteiger partial charge is 0.771 e. The number of methoxy groups -OCH3 is 1. The molecule has 0 spiro atoms. The van der Waals surface area contributed by atoms with Gasteiger partial charge in [0.05, 0.1) is 19.5 Å². The molecule has 2 rings (SSSR count). The second-order valence-electron chi connectivity index (χ2n) is 4.22. The normalized spacial score (nSPS) is 11.9. The van der Waals surface area contributed by atoms with E-state index in [0.717, 1.165) is 5.56 Å². The monoisotopic (exact) mass is 325 g/mol. The van der Waals surface area contributed by atoms with Crippen LogP contribution in [0.3, 0.4) is 0 Å². The van der Waals surface area contributed by atoms with E-state index in [1.807, 2.05) is 0 Å². The van der Waals surface area contributed by atoms with Crippen LogP contribution in [0, 0.1) is 0 Å². The third-order valence-corrected chi connectivity index (χ3v) is 3.17. The van der Waals surface area contributed by atoms with E-state index in [9.17, 15) is 13.6 Å². The van der Waals surface area contributed by atoms with Gasteiger partial charge in [-0.2, -0.15) is 0 Å². The summed E-state index contributed by atoms with van der Waals surface area (Å²) in [6.45, 7) is 0.234. The minimum Gasteiger partial charge on any atom is -0.771 e. The van der Waals surface area contributed by atoms with Gasteiger partial charge in [-0.25, -0.2) is 9.48 Å². The molecule has 0 amide bonds. The lowest BCUT2D eigenvalue weighted by Crippen LogP contribution is -2.15. The molecule has 1 atom stereocenters. The summed E-state index contributed by atoms with van der Waals surface area (Å²) in [7, 11) is 1.55. The molecule has 0 aliphatic heterocycles. The van der Waals surface area contributed by atoms with Crippen LogP contribution in [-0.2, 0) is 17.6 Å². The van der Waals surface area contributed by atoms with E-state index in [1.165, 1.54) is 4.68 Å². The number of hydrogen-bond donors (Lipinski definition) is 2. The summed E-state index contributed by atoms with van der Waals surface area (Å²) in [6.07, 6.45) is 0. The Morgan fingerprint density at radius 2 is 2.14 bits per heavy atom. The summed E-state index contributed by atoms with van der Waals surface area (Å²) in [6, 6.07) is 7.08. The van der Waals surface area contributed by atoms with Gasteiger partial charge in [-0.1, -0.05) is 17.3 Å². The molecule has 0 saturated heterocycles. The van der Waals surface area contributed by atoms with Gasteiger partial charge in [-0.05, 0) is 28.8 Å². The third kappa shape index (κ3) is 3.80. The van der Waals surface area contributed by atoms with Crippen LogP contribution in [0.4, 0.5) is 5.82 Å². The molecule has 0 aliphatic rings. The number of aromatic nitrogens is 3. The molecule has 0 fully saturated rings. The number of carbonyl (C=O) groups is 1. The number of nitrogens with zero attached hydrogens (tertiary/aromatic N) is 3. The van der Waals surface area contributed by atoms with Crippen LogP contribution in [0.25, 0.3) is 0 Å². The Hall–Kier alpha value is -2.46. The summed E-state index contributed by atoms with van der Waals surface area (Å²) in [5, 5.41) is 18.9. The lowest BCUT2D eigenvalue weighted by molar-refractivity contribution is 0.0691. The van der Waals surface area contributed by atoms with Crippen molar-refractivity contribution in [3.05, 3.63) is 35.5 Å². The highest BCUT2D eigenvalue weighted by Crippen LogP contribution is 2.17. The van der Waals surface area contributed by atoms with Crippen molar-refractivity contribution in [2.24, 2.45) is 0 Å². The SMILES string of the molecule is COc1ccc(Cn2nnc(C(=O)O)c2NCS(=O)[O-])cc1. The first kappa shape index (κ1) is 15.9. The fourth-order valence-electron chi connectivity index (χ4n) is 1.77. The number of hydrogen-bond acceptors (Lipinski definition) is 7. The third-order valence-electron chi connectivity index (χ3n) is 2.79. The summed E-state index contributed by atoms with van der Waals surface area (Å²) < 4.78 is 27.6. The fraction of sp³-hybridized carbons (Fsp3) is 0.250. The van der Waals surface area contributed by atoms with Crippen LogP contribution in [0.5, 0.6) is 5.75 Å². The Kier molecular flexibility index (Phi) is 5.07. The molecule has 9 nitrogen and oxygen atoms in total. The van der Waals surface area contributed by atoms with Gasteiger partial charge < -0.3 is 19.7 Å². The fourth-order valence-corrected chi connectivity index (χ4v) is 2.03. The standard InChI is InChI=1S/C12H14N4O5S/c1-21-9-4-2-8(3-5-9)6-16-11(13-7-22(19)20)10(12(17)18)14-15-16/h2-5,13H,6-7H2,1H3,(H,17,18)(H,19,20)/p-1. The van der Waals surface area contributed by atoms with Crippen molar-refractivity contribution in [2.45, 2.75) is 6.54 Å². The van der Waals surface area contributed by atoms with Crippen LogP contribution >= 0.6 is 0 Å². The van der Waals surface area contributed by atoms with Gasteiger partial charge >= 0.3 is 5.97 Å². The van der Waals surface area contributed by atoms with Crippen LogP contribution in [0.15, 0.2) is 24.3 Å². The van der Waals surface area contributed by atoms with Gasteiger partial charge in [0, 0.05) is 0 Å². The molecule has 2 aromatic rings. The van der Waals surface area contributed by atoms with E-state index in [2.05, 4.69) is 15.6 Å². The summed E-state index contributed by atoms with van der Waals surface area (Å²) in [5.41, 5.74) is 0.493. The Labute approximate surface area is 128 Å². The van der Waals surface area contributed by atoms with E-state index in [4.69, 9.17) is 9.84 Å². The maximum Gasteiger partial charge on any atom is 0.360 e. The lowest BCUT2D eigenvalue weighted by Gasteiger charge is -2.11. The van der Waals surface area contributed by atoms with Gasteiger partial charge in [0.15, 0.2) is 5.82 Å². The maximum absolute atomic E-state index is 11.1. The lowest BCUT2D eigenvalue weighted by atomic mass is 10.2. The van der Waals surface area contributed by atoms with Gasteiger partial charge in [0.1, 0.15) is 5.75 Å². The molecule has 118 valence electrons. The minimum atomic E-state index is -2.37. The molecule has 0 saturated carbocycles. The molecule has 1 heterocycles. The molecular formula is C12H13N4O5S-. The van der Waals surface area contributed by atoms with E-state index in [1.54, 1.807) is 31.4 Å². The first-order valence-corrected chi connectivity index (χ1v) is 7.35. The van der Waals surface area contributed by atoms with E-state index < -0.39 is 22.9 Å². The molecule has 0 aliphatic carbocycles. The van der Waals surface area contributed by atoms with Crippen molar-refractivity contribution in [1.29, 1.82) is 0 Å². The number of carboxylic acid groups (broad SMARTS) is 1. The summed E-state index contributed by atoms with van der Waals surface area (Å²) in [5.74, 6) is -1.00. The van der Waals surface area contributed by atoms with Crippen LogP contribution < -0.4 is 10.1 Å².